The SMILES string of the molecule is O=C(c1ccc(F)cc1)c1ccc2c(c1)oc(=O)n2CN1CCN(Cc2ccc3c(c2)OCO3)CC1. The van der Waals surface area contributed by atoms with Gasteiger partial charge in [0.05, 0.1) is 12.2 Å². The maximum absolute atomic E-state index is 13.2. The van der Waals surface area contributed by atoms with E-state index in [2.05, 4.69) is 15.9 Å². The van der Waals surface area contributed by atoms with Gasteiger partial charge in [-0.2, -0.15) is 0 Å². The van der Waals surface area contributed by atoms with Crippen LogP contribution in [-0.4, -0.2) is 53.1 Å². The van der Waals surface area contributed by atoms with Crippen molar-refractivity contribution in [1.82, 2.24) is 14.4 Å². The van der Waals surface area contributed by atoms with Crippen molar-refractivity contribution in [3.8, 4) is 11.5 Å². The second kappa shape index (κ2) is 9.25. The van der Waals surface area contributed by atoms with Gasteiger partial charge in [0, 0.05) is 43.9 Å². The normalized spacial score (nSPS) is 16.0. The number of ether oxygens (including phenoxy) is 2. The number of carbonyl (C=O) groups excluding carboxylic acids is 1. The predicted octanol–water partition coefficient (Wildman–Crippen LogP) is 3.47. The topological polar surface area (TPSA) is 77.2 Å². The molecule has 36 heavy (non-hydrogen) atoms. The monoisotopic (exact) mass is 489 g/mol. The number of nitrogens with zero attached hydrogens (tertiary/aromatic N) is 3. The molecule has 2 aliphatic rings. The fraction of sp³-hybridized carbons (Fsp3) is 0.259. The molecular weight excluding hydrogens is 465 g/mol. The van der Waals surface area contributed by atoms with Crippen molar-refractivity contribution in [3.63, 3.8) is 0 Å². The van der Waals surface area contributed by atoms with Crippen molar-refractivity contribution in [2.45, 2.75) is 13.2 Å². The van der Waals surface area contributed by atoms with E-state index in [1.807, 2.05) is 12.1 Å². The van der Waals surface area contributed by atoms with Crippen LogP contribution in [-0.2, 0) is 13.2 Å². The Labute approximate surface area is 206 Å². The summed E-state index contributed by atoms with van der Waals surface area (Å²) in [6.45, 7) is 4.87. The Kier molecular flexibility index (Phi) is 5.79. The Morgan fingerprint density at radius 1 is 0.833 bits per heavy atom. The zero-order valence-electron chi connectivity index (χ0n) is 19.5. The van der Waals surface area contributed by atoms with Gasteiger partial charge in [-0.05, 0) is 60.2 Å². The lowest BCUT2D eigenvalue weighted by molar-refractivity contribution is 0.102. The third-order valence-electron chi connectivity index (χ3n) is 6.69. The van der Waals surface area contributed by atoms with Crippen molar-refractivity contribution < 1.29 is 23.1 Å². The number of hydrogen-bond acceptors (Lipinski definition) is 7. The van der Waals surface area contributed by atoms with Gasteiger partial charge >= 0.3 is 5.76 Å². The Morgan fingerprint density at radius 3 is 2.36 bits per heavy atom. The summed E-state index contributed by atoms with van der Waals surface area (Å²) in [7, 11) is 0. The lowest BCUT2D eigenvalue weighted by Gasteiger charge is -2.34. The molecule has 0 aliphatic carbocycles. The molecule has 0 bridgehead atoms. The van der Waals surface area contributed by atoms with Crippen LogP contribution < -0.4 is 15.2 Å². The van der Waals surface area contributed by atoms with E-state index < -0.39 is 11.6 Å². The number of aromatic nitrogens is 1. The molecule has 1 aromatic heterocycles. The molecule has 0 spiro atoms. The average molecular weight is 490 g/mol. The molecule has 1 fully saturated rings. The lowest BCUT2D eigenvalue weighted by atomic mass is 10.0. The van der Waals surface area contributed by atoms with Gasteiger partial charge in [-0.25, -0.2) is 9.18 Å². The van der Waals surface area contributed by atoms with Gasteiger partial charge in [-0.3, -0.25) is 19.2 Å². The zero-order chi connectivity index (χ0) is 24.6. The van der Waals surface area contributed by atoms with Gasteiger partial charge < -0.3 is 13.9 Å². The molecule has 2 aliphatic heterocycles. The average Bonchev–Trinajstić information content (AvgIpc) is 3.48. The summed E-state index contributed by atoms with van der Waals surface area (Å²) in [5.74, 6) is 0.456. The van der Waals surface area contributed by atoms with Crippen LogP contribution in [0.3, 0.4) is 0 Å². The van der Waals surface area contributed by atoms with Crippen molar-refractivity contribution >= 4 is 16.9 Å². The summed E-state index contributed by atoms with van der Waals surface area (Å²) < 4.78 is 31.1. The molecule has 0 N–H and O–H groups in total. The quantitative estimate of drug-likeness (QED) is 0.384. The number of hydrogen-bond donors (Lipinski definition) is 0. The summed E-state index contributed by atoms with van der Waals surface area (Å²) in [6, 6.07) is 16.4. The van der Waals surface area contributed by atoms with Gasteiger partial charge in [-0.1, -0.05) is 6.07 Å². The predicted molar refractivity (Wildman–Crippen MR) is 130 cm³/mol. The Hall–Kier alpha value is -3.95. The first kappa shape index (κ1) is 22.5. The first-order chi connectivity index (χ1) is 17.5. The van der Waals surface area contributed by atoms with E-state index in [9.17, 15) is 14.0 Å². The summed E-state index contributed by atoms with van der Waals surface area (Å²) in [6.07, 6.45) is 0. The number of fused-ring (bicyclic) bond motifs is 2. The van der Waals surface area contributed by atoms with E-state index in [4.69, 9.17) is 13.9 Å². The van der Waals surface area contributed by atoms with Crippen LogP contribution in [0.4, 0.5) is 4.39 Å². The van der Waals surface area contributed by atoms with Crippen LogP contribution in [0.25, 0.3) is 11.1 Å². The van der Waals surface area contributed by atoms with E-state index in [-0.39, 0.29) is 12.6 Å². The fourth-order valence-electron chi connectivity index (χ4n) is 4.70. The van der Waals surface area contributed by atoms with Crippen LogP contribution >= 0.6 is 0 Å². The number of benzene rings is 3. The van der Waals surface area contributed by atoms with E-state index in [0.29, 0.717) is 28.9 Å². The standard InChI is InChI=1S/C27H24FN3O5/c28-21-5-2-19(3-6-21)26(32)20-4-7-22-24(14-20)36-27(33)31(22)16-30-11-9-29(10-12-30)15-18-1-8-23-25(13-18)35-17-34-23/h1-8,13-14H,9-12,15-17H2. The second-order valence-electron chi connectivity index (χ2n) is 9.04. The Morgan fingerprint density at radius 2 is 1.56 bits per heavy atom. The van der Waals surface area contributed by atoms with E-state index in [1.165, 1.54) is 29.8 Å². The molecule has 0 saturated carbocycles. The Balaban J connectivity index is 1.11. The minimum absolute atomic E-state index is 0.258. The summed E-state index contributed by atoms with van der Waals surface area (Å²) in [4.78, 5) is 29.9. The van der Waals surface area contributed by atoms with Gasteiger partial charge in [0.2, 0.25) is 6.79 Å². The summed E-state index contributed by atoms with van der Waals surface area (Å²) in [5, 5.41) is 0. The highest BCUT2D eigenvalue weighted by atomic mass is 19.1. The molecule has 0 amide bonds. The molecule has 0 unspecified atom stereocenters. The molecular formula is C27H24FN3O5. The second-order valence-corrected chi connectivity index (χ2v) is 9.04. The maximum atomic E-state index is 13.2. The number of halogens is 1. The first-order valence-electron chi connectivity index (χ1n) is 11.8. The van der Waals surface area contributed by atoms with Crippen molar-refractivity contribution in [2.24, 2.45) is 0 Å². The van der Waals surface area contributed by atoms with Crippen molar-refractivity contribution in [2.75, 3.05) is 33.0 Å². The van der Waals surface area contributed by atoms with Gasteiger partial charge in [0.15, 0.2) is 22.9 Å². The van der Waals surface area contributed by atoms with Crippen molar-refractivity contribution in [3.05, 3.63) is 93.7 Å². The molecule has 3 aromatic carbocycles. The lowest BCUT2D eigenvalue weighted by Crippen LogP contribution is -2.47. The minimum atomic E-state index is -0.459. The zero-order valence-corrected chi connectivity index (χ0v) is 19.5. The van der Waals surface area contributed by atoms with Crippen LogP contribution in [0, 0.1) is 5.82 Å². The van der Waals surface area contributed by atoms with Crippen LogP contribution in [0.5, 0.6) is 11.5 Å². The Bertz CT molecular complexity index is 1490. The summed E-state index contributed by atoms with van der Waals surface area (Å²) in [5.41, 5.74) is 2.92. The van der Waals surface area contributed by atoms with Gasteiger partial charge in [-0.15, -0.1) is 0 Å². The smallest absolute Gasteiger partial charge is 0.421 e. The van der Waals surface area contributed by atoms with Crippen LogP contribution in [0.1, 0.15) is 21.5 Å². The molecule has 0 radical (unpaired) electrons. The maximum Gasteiger partial charge on any atom is 0.421 e. The van der Waals surface area contributed by atoms with Crippen LogP contribution in [0.15, 0.2) is 69.9 Å². The van der Waals surface area contributed by atoms with Crippen LogP contribution in [0.2, 0.25) is 0 Å². The number of piperazine rings is 1. The molecule has 184 valence electrons. The third kappa shape index (κ3) is 4.38. The van der Waals surface area contributed by atoms with Gasteiger partial charge in [0.25, 0.3) is 0 Å². The van der Waals surface area contributed by atoms with E-state index in [0.717, 1.165) is 44.2 Å². The number of carbonyl (C=O) groups is 1. The first-order valence-corrected chi connectivity index (χ1v) is 11.8. The summed E-state index contributed by atoms with van der Waals surface area (Å²) >= 11 is 0. The van der Waals surface area contributed by atoms with Gasteiger partial charge in [0.1, 0.15) is 5.82 Å². The highest BCUT2D eigenvalue weighted by Crippen LogP contribution is 2.33. The fourth-order valence-corrected chi connectivity index (χ4v) is 4.70. The van der Waals surface area contributed by atoms with Crippen molar-refractivity contribution in [1.29, 1.82) is 0 Å². The molecule has 0 atom stereocenters. The largest absolute Gasteiger partial charge is 0.454 e. The minimum Gasteiger partial charge on any atom is -0.454 e. The highest BCUT2D eigenvalue weighted by Gasteiger charge is 2.21. The number of oxazole rings is 1. The molecule has 8 nitrogen and oxygen atoms in total. The molecule has 3 heterocycles. The van der Waals surface area contributed by atoms with E-state index >= 15 is 0 Å². The van der Waals surface area contributed by atoms with E-state index in [1.54, 1.807) is 22.8 Å². The molecule has 4 aromatic rings. The molecule has 6 rings (SSSR count). The number of rotatable bonds is 6. The highest BCUT2D eigenvalue weighted by molar-refractivity contribution is 6.10. The number of ketones is 1. The molecule has 1 saturated heterocycles. The third-order valence-corrected chi connectivity index (χ3v) is 6.69. The molecule has 9 heteroatoms.